The fourth-order valence-corrected chi connectivity index (χ4v) is 1.32. The molecule has 0 aliphatic carbocycles. The number of hydrogen-bond donors (Lipinski definition) is 2. The Morgan fingerprint density at radius 1 is 1.16 bits per heavy atom. The number of hydrogen-bond acceptors (Lipinski definition) is 3. The average Bonchev–Trinajstić information content (AvgIpc) is 2.09. The van der Waals surface area contributed by atoms with Gasteiger partial charge in [-0.25, -0.2) is 0 Å². The van der Waals surface area contributed by atoms with Gasteiger partial charge < -0.3 is 16.2 Å². The van der Waals surface area contributed by atoms with Crippen molar-refractivity contribution in [1.29, 1.82) is 0 Å². The SMILES string of the molecule is CC(CC(C)(N)C(N)=O)OC(C(F)(F)F)C(F)(F)F. The highest BCUT2D eigenvalue weighted by Gasteiger charge is 2.58. The summed E-state index contributed by atoms with van der Waals surface area (Å²) in [6, 6.07) is 0. The van der Waals surface area contributed by atoms with Crippen LogP contribution in [0.2, 0.25) is 0 Å². The van der Waals surface area contributed by atoms with Crippen molar-refractivity contribution in [2.45, 2.75) is 50.4 Å². The van der Waals surface area contributed by atoms with Gasteiger partial charge in [-0.2, -0.15) is 26.3 Å². The highest BCUT2D eigenvalue weighted by molar-refractivity contribution is 5.83. The van der Waals surface area contributed by atoms with E-state index in [4.69, 9.17) is 11.5 Å². The topological polar surface area (TPSA) is 78.3 Å². The molecule has 0 spiro atoms. The molecule has 0 aliphatic rings. The fourth-order valence-electron chi connectivity index (χ4n) is 1.32. The lowest BCUT2D eigenvalue weighted by Gasteiger charge is -2.29. The molecule has 114 valence electrons. The van der Waals surface area contributed by atoms with Crippen molar-refractivity contribution >= 4 is 5.91 Å². The summed E-state index contributed by atoms with van der Waals surface area (Å²) in [6.07, 6.45) is -17.3. The molecular formula is C9H14F6N2O2. The highest BCUT2D eigenvalue weighted by atomic mass is 19.4. The van der Waals surface area contributed by atoms with Gasteiger partial charge in [0, 0.05) is 0 Å². The smallest absolute Gasteiger partial charge is 0.368 e. The van der Waals surface area contributed by atoms with Crippen molar-refractivity contribution in [1.82, 2.24) is 0 Å². The highest BCUT2D eigenvalue weighted by Crippen LogP contribution is 2.36. The first-order valence-electron chi connectivity index (χ1n) is 5.05. The van der Waals surface area contributed by atoms with Crippen LogP contribution < -0.4 is 11.5 Å². The number of primary amides is 1. The molecule has 19 heavy (non-hydrogen) atoms. The van der Waals surface area contributed by atoms with Gasteiger partial charge in [0.15, 0.2) is 0 Å². The maximum atomic E-state index is 12.2. The van der Waals surface area contributed by atoms with Crippen LogP contribution in [-0.2, 0) is 9.53 Å². The van der Waals surface area contributed by atoms with Crippen molar-refractivity contribution < 1.29 is 35.9 Å². The minimum Gasteiger partial charge on any atom is -0.368 e. The maximum absolute atomic E-state index is 12.2. The van der Waals surface area contributed by atoms with E-state index in [0.29, 0.717) is 0 Å². The minimum absolute atomic E-state index is 0.578. The van der Waals surface area contributed by atoms with E-state index in [1.54, 1.807) is 0 Å². The fraction of sp³-hybridized carbons (Fsp3) is 0.889. The first-order valence-corrected chi connectivity index (χ1v) is 5.05. The van der Waals surface area contributed by atoms with Gasteiger partial charge in [-0.3, -0.25) is 4.79 Å². The molecule has 2 unspecified atom stereocenters. The first kappa shape index (κ1) is 18.0. The van der Waals surface area contributed by atoms with Crippen LogP contribution in [-0.4, -0.2) is 36.0 Å². The Balaban J connectivity index is 4.85. The summed E-state index contributed by atoms with van der Waals surface area (Å²) >= 11 is 0. The summed E-state index contributed by atoms with van der Waals surface area (Å²) in [4.78, 5) is 10.8. The molecule has 0 radical (unpaired) electrons. The Morgan fingerprint density at radius 2 is 1.53 bits per heavy atom. The number of alkyl halides is 6. The first-order chi connectivity index (χ1) is 8.18. The van der Waals surface area contributed by atoms with Crippen LogP contribution in [0.1, 0.15) is 20.3 Å². The molecular weight excluding hydrogens is 282 g/mol. The number of amides is 1. The number of ether oxygens (including phenoxy) is 1. The van der Waals surface area contributed by atoms with Gasteiger partial charge in [0.05, 0.1) is 11.6 Å². The summed E-state index contributed by atoms with van der Waals surface area (Å²) in [7, 11) is 0. The molecule has 4 N–H and O–H groups in total. The molecule has 1 amide bonds. The van der Waals surface area contributed by atoms with Crippen LogP contribution in [0.3, 0.4) is 0 Å². The Kier molecular flexibility index (Phi) is 5.23. The van der Waals surface area contributed by atoms with E-state index in [9.17, 15) is 31.1 Å². The summed E-state index contributed by atoms with van der Waals surface area (Å²) < 4.78 is 77.1. The van der Waals surface area contributed by atoms with Gasteiger partial charge in [-0.05, 0) is 20.3 Å². The zero-order valence-corrected chi connectivity index (χ0v) is 10.1. The lowest BCUT2D eigenvalue weighted by Crippen LogP contribution is -2.53. The second kappa shape index (κ2) is 5.53. The van der Waals surface area contributed by atoms with E-state index in [-0.39, 0.29) is 0 Å². The standard InChI is InChI=1S/C9H14F6N2O2/c1-4(3-7(2,17)6(16)18)19-5(8(10,11)12)9(13,14)15/h4-5H,3,17H2,1-2H3,(H2,16,18). The zero-order valence-electron chi connectivity index (χ0n) is 10.1. The molecule has 0 aromatic heterocycles. The third kappa shape index (κ3) is 5.64. The van der Waals surface area contributed by atoms with Gasteiger partial charge in [0.2, 0.25) is 12.0 Å². The summed E-state index contributed by atoms with van der Waals surface area (Å²) in [5.74, 6) is -1.06. The third-order valence-electron chi connectivity index (χ3n) is 2.24. The summed E-state index contributed by atoms with van der Waals surface area (Å²) in [6.45, 7) is 2.03. The molecule has 0 aliphatic heterocycles. The maximum Gasteiger partial charge on any atom is 0.423 e. The van der Waals surface area contributed by atoms with Crippen LogP contribution in [0.25, 0.3) is 0 Å². The number of rotatable bonds is 5. The van der Waals surface area contributed by atoms with Gasteiger partial charge >= 0.3 is 12.4 Å². The van der Waals surface area contributed by atoms with Crippen LogP contribution in [0.15, 0.2) is 0 Å². The molecule has 0 heterocycles. The lowest BCUT2D eigenvalue weighted by atomic mass is 9.95. The van der Waals surface area contributed by atoms with E-state index in [0.717, 1.165) is 13.8 Å². The summed E-state index contributed by atoms with van der Waals surface area (Å²) in [5.41, 5.74) is 8.43. The van der Waals surface area contributed by atoms with Gasteiger partial charge in [0.25, 0.3) is 0 Å². The lowest BCUT2D eigenvalue weighted by molar-refractivity contribution is -0.330. The number of halogens is 6. The summed E-state index contributed by atoms with van der Waals surface area (Å²) in [5, 5.41) is 0. The predicted molar refractivity (Wildman–Crippen MR) is 52.8 cm³/mol. The van der Waals surface area contributed by atoms with Gasteiger partial charge in [0.1, 0.15) is 0 Å². The third-order valence-corrected chi connectivity index (χ3v) is 2.24. The molecule has 2 atom stereocenters. The van der Waals surface area contributed by atoms with E-state index in [1.807, 2.05) is 0 Å². The van der Waals surface area contributed by atoms with Gasteiger partial charge in [-0.15, -0.1) is 0 Å². The van der Waals surface area contributed by atoms with Crippen molar-refractivity contribution in [3.05, 3.63) is 0 Å². The van der Waals surface area contributed by atoms with Crippen LogP contribution in [0.4, 0.5) is 26.3 Å². The number of nitrogens with two attached hydrogens (primary N) is 2. The molecule has 0 aromatic carbocycles. The second-order valence-corrected chi connectivity index (χ2v) is 4.40. The van der Waals surface area contributed by atoms with Gasteiger partial charge in [-0.1, -0.05) is 0 Å². The molecule has 10 heteroatoms. The zero-order chi connectivity index (χ0) is 15.6. The monoisotopic (exact) mass is 296 g/mol. The second-order valence-electron chi connectivity index (χ2n) is 4.40. The van der Waals surface area contributed by atoms with E-state index in [2.05, 4.69) is 4.74 Å². The molecule has 0 rings (SSSR count). The molecule has 0 saturated carbocycles. The molecule has 0 fully saturated rings. The van der Waals surface area contributed by atoms with Crippen LogP contribution in [0, 0.1) is 0 Å². The normalized spacial score (nSPS) is 18.2. The van der Waals surface area contributed by atoms with Crippen LogP contribution >= 0.6 is 0 Å². The molecule has 0 aromatic rings. The average molecular weight is 296 g/mol. The number of carbonyl (C=O) groups is 1. The van der Waals surface area contributed by atoms with E-state index < -0.39 is 42.4 Å². The Labute approximate surface area is 105 Å². The largest absolute Gasteiger partial charge is 0.423 e. The van der Waals surface area contributed by atoms with E-state index in [1.165, 1.54) is 0 Å². The van der Waals surface area contributed by atoms with Crippen molar-refractivity contribution in [2.24, 2.45) is 11.5 Å². The molecule has 4 nitrogen and oxygen atoms in total. The molecule has 0 bridgehead atoms. The van der Waals surface area contributed by atoms with Crippen molar-refractivity contribution in [3.8, 4) is 0 Å². The van der Waals surface area contributed by atoms with E-state index >= 15 is 0 Å². The molecule has 0 saturated heterocycles. The number of carbonyl (C=O) groups excluding carboxylic acids is 1. The Hall–Kier alpha value is -1.03. The Bertz CT molecular complexity index is 312. The van der Waals surface area contributed by atoms with Crippen molar-refractivity contribution in [3.63, 3.8) is 0 Å². The minimum atomic E-state index is -5.61. The quantitative estimate of drug-likeness (QED) is 0.754. The van der Waals surface area contributed by atoms with Crippen molar-refractivity contribution in [2.75, 3.05) is 0 Å². The Morgan fingerprint density at radius 3 is 1.79 bits per heavy atom. The van der Waals surface area contributed by atoms with Crippen LogP contribution in [0.5, 0.6) is 0 Å². The predicted octanol–water partition coefficient (Wildman–Crippen LogP) is 1.48.